The van der Waals surface area contributed by atoms with Crippen molar-refractivity contribution in [1.29, 1.82) is 0 Å². The summed E-state index contributed by atoms with van der Waals surface area (Å²) >= 11 is 0. The molecule has 6 nitrogen and oxygen atoms in total. The second kappa shape index (κ2) is 7.88. The van der Waals surface area contributed by atoms with E-state index in [0.717, 1.165) is 11.3 Å². The van der Waals surface area contributed by atoms with Crippen molar-refractivity contribution in [1.82, 2.24) is 15.0 Å². The zero-order valence-corrected chi connectivity index (χ0v) is 14.6. The number of aromatic nitrogens is 2. The summed E-state index contributed by atoms with van der Waals surface area (Å²) in [4.78, 5) is 18.1. The second-order valence-corrected chi connectivity index (χ2v) is 6.11. The monoisotopic (exact) mass is 354 g/mol. The fraction of sp³-hybridized carbons (Fsp3) is 0.211. The SMILES string of the molecule is Cc1ccc(NC(=O)CN(C)Cc2nc(-c3ccc(F)cc3)no2)cc1. The molecule has 2 aromatic carbocycles. The molecule has 0 aliphatic carbocycles. The summed E-state index contributed by atoms with van der Waals surface area (Å²) in [5.41, 5.74) is 2.56. The van der Waals surface area contributed by atoms with Gasteiger partial charge in [0.15, 0.2) is 0 Å². The molecule has 0 aliphatic rings. The smallest absolute Gasteiger partial charge is 0.241 e. The first-order valence-electron chi connectivity index (χ1n) is 8.13. The van der Waals surface area contributed by atoms with Crippen molar-refractivity contribution in [3.05, 3.63) is 65.8 Å². The Morgan fingerprint density at radius 2 is 1.85 bits per heavy atom. The van der Waals surface area contributed by atoms with Crippen LogP contribution in [0.2, 0.25) is 0 Å². The molecule has 0 radical (unpaired) electrons. The number of nitrogens with one attached hydrogen (secondary N) is 1. The molecule has 3 aromatic rings. The molecule has 1 amide bonds. The van der Waals surface area contributed by atoms with E-state index in [1.165, 1.54) is 12.1 Å². The van der Waals surface area contributed by atoms with Crippen LogP contribution in [0.1, 0.15) is 11.5 Å². The van der Waals surface area contributed by atoms with E-state index in [-0.39, 0.29) is 18.3 Å². The maximum Gasteiger partial charge on any atom is 0.241 e. The summed E-state index contributed by atoms with van der Waals surface area (Å²) in [7, 11) is 1.79. The minimum absolute atomic E-state index is 0.130. The topological polar surface area (TPSA) is 71.3 Å². The molecule has 0 aliphatic heterocycles. The Kier molecular flexibility index (Phi) is 5.38. The molecule has 0 spiro atoms. The predicted octanol–water partition coefficient (Wildman–Crippen LogP) is 3.25. The Morgan fingerprint density at radius 3 is 2.54 bits per heavy atom. The molecule has 0 unspecified atom stereocenters. The molecule has 0 atom stereocenters. The highest BCUT2D eigenvalue weighted by Crippen LogP contribution is 2.16. The van der Waals surface area contributed by atoms with Gasteiger partial charge < -0.3 is 9.84 Å². The summed E-state index contributed by atoms with van der Waals surface area (Å²) < 4.78 is 18.2. The molecule has 1 heterocycles. The normalized spacial score (nSPS) is 10.9. The number of benzene rings is 2. The van der Waals surface area contributed by atoms with Crippen LogP contribution in [-0.4, -0.2) is 34.5 Å². The van der Waals surface area contributed by atoms with Crippen molar-refractivity contribution >= 4 is 11.6 Å². The van der Waals surface area contributed by atoms with E-state index < -0.39 is 0 Å². The van der Waals surface area contributed by atoms with Gasteiger partial charge in [-0.3, -0.25) is 9.69 Å². The third kappa shape index (κ3) is 4.73. The molecule has 0 fully saturated rings. The summed E-state index contributed by atoms with van der Waals surface area (Å²) in [5, 5.41) is 6.73. The lowest BCUT2D eigenvalue weighted by Gasteiger charge is -2.13. The maximum atomic E-state index is 13.0. The van der Waals surface area contributed by atoms with Gasteiger partial charge in [0.25, 0.3) is 0 Å². The Labute approximate surface area is 150 Å². The zero-order valence-electron chi connectivity index (χ0n) is 14.6. The van der Waals surface area contributed by atoms with E-state index in [9.17, 15) is 9.18 Å². The summed E-state index contributed by atoms with van der Waals surface area (Å²) in [6, 6.07) is 13.5. The summed E-state index contributed by atoms with van der Waals surface area (Å²) in [6.45, 7) is 2.50. The molecule has 7 heteroatoms. The van der Waals surface area contributed by atoms with E-state index in [0.29, 0.717) is 23.8 Å². The van der Waals surface area contributed by atoms with Crippen LogP contribution in [-0.2, 0) is 11.3 Å². The number of likely N-dealkylation sites (N-methyl/N-ethyl adjacent to an activating group) is 1. The first-order valence-corrected chi connectivity index (χ1v) is 8.13. The van der Waals surface area contributed by atoms with Gasteiger partial charge in [0, 0.05) is 11.3 Å². The highest BCUT2D eigenvalue weighted by Gasteiger charge is 2.13. The number of hydrogen-bond donors (Lipinski definition) is 1. The van der Waals surface area contributed by atoms with E-state index in [1.54, 1.807) is 24.1 Å². The lowest BCUT2D eigenvalue weighted by molar-refractivity contribution is -0.117. The first-order chi connectivity index (χ1) is 12.5. The Hall–Kier alpha value is -3.06. The lowest BCUT2D eigenvalue weighted by atomic mass is 10.2. The standard InChI is InChI=1S/C19H19FN4O2/c1-13-3-9-16(10-4-13)21-17(25)11-24(2)12-18-22-19(23-26-18)14-5-7-15(20)8-6-14/h3-10H,11-12H2,1-2H3,(H,21,25). The van der Waals surface area contributed by atoms with Crippen molar-refractivity contribution in [2.45, 2.75) is 13.5 Å². The third-order valence-corrected chi connectivity index (χ3v) is 3.72. The van der Waals surface area contributed by atoms with Crippen LogP contribution in [0.4, 0.5) is 10.1 Å². The molecule has 1 aromatic heterocycles. The van der Waals surface area contributed by atoms with Crippen LogP contribution in [0.25, 0.3) is 11.4 Å². The lowest BCUT2D eigenvalue weighted by Crippen LogP contribution is -2.29. The maximum absolute atomic E-state index is 13.0. The number of anilines is 1. The van der Waals surface area contributed by atoms with Crippen molar-refractivity contribution in [3.63, 3.8) is 0 Å². The quantitative estimate of drug-likeness (QED) is 0.736. The van der Waals surface area contributed by atoms with Gasteiger partial charge in [-0.2, -0.15) is 4.98 Å². The predicted molar refractivity (Wildman–Crippen MR) is 95.8 cm³/mol. The van der Waals surface area contributed by atoms with E-state index in [4.69, 9.17) is 4.52 Å². The molecule has 134 valence electrons. The van der Waals surface area contributed by atoms with Crippen molar-refractivity contribution in [3.8, 4) is 11.4 Å². The van der Waals surface area contributed by atoms with Crippen LogP contribution in [0.5, 0.6) is 0 Å². The molecule has 0 saturated heterocycles. The number of rotatable bonds is 6. The number of amides is 1. The average Bonchev–Trinajstić information content (AvgIpc) is 3.05. The van der Waals surface area contributed by atoms with Crippen LogP contribution in [0.3, 0.4) is 0 Å². The number of carbonyl (C=O) groups is 1. The third-order valence-electron chi connectivity index (χ3n) is 3.72. The zero-order chi connectivity index (χ0) is 18.5. The fourth-order valence-electron chi connectivity index (χ4n) is 2.40. The van der Waals surface area contributed by atoms with Gasteiger partial charge in [-0.05, 0) is 50.4 Å². The number of aryl methyl sites for hydroxylation is 1. The molecular weight excluding hydrogens is 335 g/mol. The summed E-state index contributed by atoms with van der Waals surface area (Å²) in [5.74, 6) is 0.318. The van der Waals surface area contributed by atoms with Crippen LogP contribution in [0.15, 0.2) is 53.1 Å². The molecule has 0 bridgehead atoms. The van der Waals surface area contributed by atoms with Crippen molar-refractivity contribution in [2.75, 3.05) is 18.9 Å². The van der Waals surface area contributed by atoms with Gasteiger partial charge in [-0.15, -0.1) is 0 Å². The van der Waals surface area contributed by atoms with Crippen molar-refractivity contribution in [2.24, 2.45) is 0 Å². The molecule has 0 saturated carbocycles. The van der Waals surface area contributed by atoms with Gasteiger partial charge in [0.05, 0.1) is 13.1 Å². The van der Waals surface area contributed by atoms with Gasteiger partial charge in [0.2, 0.25) is 17.6 Å². The second-order valence-electron chi connectivity index (χ2n) is 6.11. The van der Waals surface area contributed by atoms with Gasteiger partial charge in [0.1, 0.15) is 5.82 Å². The van der Waals surface area contributed by atoms with Crippen molar-refractivity contribution < 1.29 is 13.7 Å². The fourth-order valence-corrected chi connectivity index (χ4v) is 2.40. The Morgan fingerprint density at radius 1 is 1.15 bits per heavy atom. The van der Waals surface area contributed by atoms with Gasteiger partial charge >= 0.3 is 0 Å². The highest BCUT2D eigenvalue weighted by molar-refractivity contribution is 5.92. The Balaban J connectivity index is 1.54. The largest absolute Gasteiger partial charge is 0.338 e. The minimum Gasteiger partial charge on any atom is -0.338 e. The minimum atomic E-state index is -0.322. The molecule has 3 rings (SSSR count). The van der Waals surface area contributed by atoms with Crippen LogP contribution >= 0.6 is 0 Å². The molecule has 26 heavy (non-hydrogen) atoms. The first kappa shape index (κ1) is 17.8. The molecular formula is C19H19FN4O2. The number of hydrogen-bond acceptors (Lipinski definition) is 5. The van der Waals surface area contributed by atoms with Crippen LogP contribution < -0.4 is 5.32 Å². The van der Waals surface area contributed by atoms with Gasteiger partial charge in [-0.25, -0.2) is 4.39 Å². The average molecular weight is 354 g/mol. The highest BCUT2D eigenvalue weighted by atomic mass is 19.1. The Bertz CT molecular complexity index is 875. The van der Waals surface area contributed by atoms with Crippen LogP contribution in [0, 0.1) is 12.7 Å². The number of carbonyl (C=O) groups excluding carboxylic acids is 1. The van der Waals surface area contributed by atoms with E-state index >= 15 is 0 Å². The summed E-state index contributed by atoms with van der Waals surface area (Å²) in [6.07, 6.45) is 0. The number of nitrogens with zero attached hydrogens (tertiary/aromatic N) is 3. The number of halogens is 1. The van der Waals surface area contributed by atoms with E-state index in [1.807, 2.05) is 31.2 Å². The van der Waals surface area contributed by atoms with E-state index in [2.05, 4.69) is 15.5 Å². The molecule has 1 N–H and O–H groups in total. The van der Waals surface area contributed by atoms with Gasteiger partial charge in [-0.1, -0.05) is 22.9 Å².